The average Bonchev–Trinajstić information content (AvgIpc) is 2.19. The third-order valence-corrected chi connectivity index (χ3v) is 1.87. The standard InChI is InChI=1S/C10H10F2NO2/c11-7-4-3-6(2-1-5-14)8(9(7)12)10(13)15/h2-4,14H,1,5H2,(H2,13,15). The Labute approximate surface area is 85.5 Å². The van der Waals surface area contributed by atoms with E-state index in [4.69, 9.17) is 10.8 Å². The number of halogens is 2. The smallest absolute Gasteiger partial charge is 0.252 e. The van der Waals surface area contributed by atoms with Crippen LogP contribution in [0.15, 0.2) is 12.1 Å². The molecular formula is C10H10F2NO2. The van der Waals surface area contributed by atoms with Gasteiger partial charge in [-0.1, -0.05) is 6.07 Å². The van der Waals surface area contributed by atoms with Crippen LogP contribution in [0.1, 0.15) is 22.3 Å². The number of rotatable bonds is 4. The molecule has 3 nitrogen and oxygen atoms in total. The molecule has 1 aromatic rings. The zero-order valence-electron chi connectivity index (χ0n) is 7.84. The number of nitrogens with two attached hydrogens (primary N) is 1. The summed E-state index contributed by atoms with van der Waals surface area (Å²) in [4.78, 5) is 10.9. The fraction of sp³-hybridized carbons (Fsp3) is 0.200. The first-order valence-corrected chi connectivity index (χ1v) is 4.29. The third kappa shape index (κ3) is 2.50. The van der Waals surface area contributed by atoms with Crippen LogP contribution in [0.3, 0.4) is 0 Å². The quantitative estimate of drug-likeness (QED) is 0.785. The number of benzene rings is 1. The van der Waals surface area contributed by atoms with Crippen molar-refractivity contribution in [3.05, 3.63) is 41.3 Å². The van der Waals surface area contributed by atoms with E-state index in [0.29, 0.717) is 0 Å². The lowest BCUT2D eigenvalue weighted by Crippen LogP contribution is -2.17. The molecule has 1 radical (unpaired) electrons. The predicted molar refractivity (Wildman–Crippen MR) is 50.0 cm³/mol. The van der Waals surface area contributed by atoms with E-state index in [2.05, 4.69) is 0 Å². The lowest BCUT2D eigenvalue weighted by molar-refractivity contribution is 0.0995. The van der Waals surface area contributed by atoms with Crippen molar-refractivity contribution in [1.82, 2.24) is 0 Å². The third-order valence-electron chi connectivity index (χ3n) is 1.87. The monoisotopic (exact) mass is 214 g/mol. The summed E-state index contributed by atoms with van der Waals surface area (Å²) in [5.74, 6) is -3.41. The number of carbonyl (C=O) groups excluding carboxylic acids is 1. The molecule has 15 heavy (non-hydrogen) atoms. The van der Waals surface area contributed by atoms with E-state index in [9.17, 15) is 13.6 Å². The van der Waals surface area contributed by atoms with Gasteiger partial charge in [-0.15, -0.1) is 0 Å². The number of hydrogen-bond acceptors (Lipinski definition) is 2. The Morgan fingerprint density at radius 1 is 1.47 bits per heavy atom. The van der Waals surface area contributed by atoms with Crippen molar-refractivity contribution in [2.75, 3.05) is 6.61 Å². The summed E-state index contributed by atoms with van der Waals surface area (Å²) in [7, 11) is 0. The van der Waals surface area contributed by atoms with Gasteiger partial charge in [0, 0.05) is 6.61 Å². The van der Waals surface area contributed by atoms with Crippen LogP contribution >= 0.6 is 0 Å². The Balaban J connectivity index is 3.15. The fourth-order valence-corrected chi connectivity index (χ4v) is 1.21. The van der Waals surface area contributed by atoms with E-state index in [-0.39, 0.29) is 18.6 Å². The molecule has 0 aliphatic rings. The summed E-state index contributed by atoms with van der Waals surface area (Å²) >= 11 is 0. The van der Waals surface area contributed by atoms with Gasteiger partial charge in [-0.05, 0) is 24.5 Å². The van der Waals surface area contributed by atoms with Crippen molar-refractivity contribution in [3.63, 3.8) is 0 Å². The van der Waals surface area contributed by atoms with E-state index in [1.807, 2.05) is 0 Å². The Bertz CT molecular complexity index is 380. The van der Waals surface area contributed by atoms with Gasteiger partial charge in [-0.2, -0.15) is 0 Å². The minimum absolute atomic E-state index is 0.142. The van der Waals surface area contributed by atoms with Crippen molar-refractivity contribution < 1.29 is 18.7 Å². The maximum atomic E-state index is 13.2. The van der Waals surface area contributed by atoms with Crippen LogP contribution in [0.25, 0.3) is 0 Å². The van der Waals surface area contributed by atoms with Crippen molar-refractivity contribution >= 4 is 5.91 Å². The second-order valence-corrected chi connectivity index (χ2v) is 2.91. The first-order valence-electron chi connectivity index (χ1n) is 4.29. The largest absolute Gasteiger partial charge is 0.396 e. The van der Waals surface area contributed by atoms with E-state index in [1.54, 1.807) is 0 Å². The fourth-order valence-electron chi connectivity index (χ4n) is 1.21. The lowest BCUT2D eigenvalue weighted by Gasteiger charge is -2.07. The van der Waals surface area contributed by atoms with Crippen molar-refractivity contribution in [2.45, 2.75) is 6.42 Å². The Hall–Kier alpha value is -1.49. The van der Waals surface area contributed by atoms with Crippen molar-refractivity contribution in [1.29, 1.82) is 0 Å². The second-order valence-electron chi connectivity index (χ2n) is 2.91. The molecule has 5 heteroatoms. The molecule has 81 valence electrons. The maximum absolute atomic E-state index is 13.2. The number of primary amides is 1. The molecule has 0 aliphatic carbocycles. The van der Waals surface area contributed by atoms with Gasteiger partial charge in [0.15, 0.2) is 11.6 Å². The van der Waals surface area contributed by atoms with E-state index in [0.717, 1.165) is 6.07 Å². The van der Waals surface area contributed by atoms with Crippen LogP contribution in [0.4, 0.5) is 8.78 Å². The molecule has 0 unspecified atom stereocenters. The molecule has 1 aromatic carbocycles. The lowest BCUT2D eigenvalue weighted by atomic mass is 10.0. The molecule has 1 rings (SSSR count). The molecule has 3 N–H and O–H groups in total. The number of aliphatic hydroxyl groups is 1. The van der Waals surface area contributed by atoms with Crippen LogP contribution < -0.4 is 5.73 Å². The predicted octanol–water partition coefficient (Wildman–Crippen LogP) is 0.998. The van der Waals surface area contributed by atoms with Crippen LogP contribution in [0.5, 0.6) is 0 Å². The van der Waals surface area contributed by atoms with Crippen molar-refractivity contribution in [3.8, 4) is 0 Å². The van der Waals surface area contributed by atoms with E-state index < -0.39 is 23.1 Å². The number of aliphatic hydroxyl groups excluding tert-OH is 1. The normalized spacial score (nSPS) is 10.3. The molecule has 0 aliphatic heterocycles. The Morgan fingerprint density at radius 2 is 2.13 bits per heavy atom. The van der Waals surface area contributed by atoms with Gasteiger partial charge >= 0.3 is 0 Å². The molecule has 0 bridgehead atoms. The van der Waals surface area contributed by atoms with Crippen LogP contribution in [-0.4, -0.2) is 17.6 Å². The number of hydrogen-bond donors (Lipinski definition) is 2. The molecule has 0 atom stereocenters. The minimum atomic E-state index is -1.26. The minimum Gasteiger partial charge on any atom is -0.396 e. The van der Waals surface area contributed by atoms with Gasteiger partial charge in [-0.25, -0.2) is 8.78 Å². The van der Waals surface area contributed by atoms with Gasteiger partial charge in [0.05, 0.1) is 5.56 Å². The molecule has 0 aromatic heterocycles. The SMILES string of the molecule is NC(=O)c1c([CH]CCO)ccc(F)c1F. The molecule has 1 amide bonds. The molecular weight excluding hydrogens is 204 g/mol. The first-order chi connectivity index (χ1) is 7.07. The highest BCUT2D eigenvalue weighted by Crippen LogP contribution is 2.18. The average molecular weight is 214 g/mol. The molecule has 0 saturated heterocycles. The Morgan fingerprint density at radius 3 is 2.67 bits per heavy atom. The summed E-state index contributed by atoms with van der Waals surface area (Å²) in [6.45, 7) is -0.142. The summed E-state index contributed by atoms with van der Waals surface area (Å²) in [6.07, 6.45) is 1.66. The zero-order chi connectivity index (χ0) is 11.4. The highest BCUT2D eigenvalue weighted by molar-refractivity contribution is 5.95. The number of amides is 1. The van der Waals surface area contributed by atoms with Gasteiger partial charge in [0.2, 0.25) is 0 Å². The summed E-state index contributed by atoms with van der Waals surface area (Å²) < 4.78 is 26.0. The topological polar surface area (TPSA) is 63.3 Å². The first kappa shape index (κ1) is 11.6. The van der Waals surface area contributed by atoms with Gasteiger partial charge in [0.1, 0.15) is 0 Å². The summed E-state index contributed by atoms with van der Waals surface area (Å²) in [6, 6.07) is 2.15. The summed E-state index contributed by atoms with van der Waals surface area (Å²) in [5.41, 5.74) is 4.64. The highest BCUT2D eigenvalue weighted by Gasteiger charge is 2.17. The van der Waals surface area contributed by atoms with E-state index in [1.165, 1.54) is 12.5 Å². The molecule has 0 saturated carbocycles. The maximum Gasteiger partial charge on any atom is 0.252 e. The molecule has 0 spiro atoms. The second kappa shape index (κ2) is 4.84. The van der Waals surface area contributed by atoms with Crippen LogP contribution in [0.2, 0.25) is 0 Å². The van der Waals surface area contributed by atoms with E-state index >= 15 is 0 Å². The molecule has 0 heterocycles. The van der Waals surface area contributed by atoms with Crippen molar-refractivity contribution in [2.24, 2.45) is 5.73 Å². The summed E-state index contributed by atoms with van der Waals surface area (Å²) in [5, 5.41) is 8.57. The highest BCUT2D eigenvalue weighted by atomic mass is 19.2. The van der Waals surface area contributed by atoms with Gasteiger partial charge < -0.3 is 10.8 Å². The van der Waals surface area contributed by atoms with Crippen LogP contribution in [-0.2, 0) is 0 Å². The Kier molecular flexibility index (Phi) is 3.74. The zero-order valence-corrected chi connectivity index (χ0v) is 7.84. The molecule has 0 fully saturated rings. The van der Waals surface area contributed by atoms with Crippen LogP contribution in [0, 0.1) is 18.1 Å². The van der Waals surface area contributed by atoms with Gasteiger partial charge in [-0.3, -0.25) is 4.79 Å². The number of carbonyl (C=O) groups is 1. The van der Waals surface area contributed by atoms with Gasteiger partial charge in [0.25, 0.3) is 5.91 Å².